The number of hydrogen-bond acceptors (Lipinski definition) is 4. The molecule has 1 heterocycles. The second-order valence-electron chi connectivity index (χ2n) is 3.54. The van der Waals surface area contributed by atoms with Crippen molar-refractivity contribution in [2.75, 3.05) is 7.11 Å². The van der Waals surface area contributed by atoms with Gasteiger partial charge in [-0.25, -0.2) is 4.98 Å². The van der Waals surface area contributed by atoms with Crippen molar-refractivity contribution in [3.05, 3.63) is 39.9 Å². The molecule has 0 aliphatic heterocycles. The fraction of sp³-hybridized carbons (Fsp3) is 0.250. The molecule has 0 radical (unpaired) electrons. The van der Waals surface area contributed by atoms with E-state index in [2.05, 4.69) is 4.98 Å². The van der Waals surface area contributed by atoms with Gasteiger partial charge in [-0.05, 0) is 12.1 Å². The van der Waals surface area contributed by atoms with E-state index in [1.54, 1.807) is 18.4 Å². The highest BCUT2D eigenvalue weighted by Gasteiger charge is 2.11. The third kappa shape index (κ3) is 2.84. The number of halogens is 1. The van der Waals surface area contributed by atoms with Crippen molar-refractivity contribution < 1.29 is 4.74 Å². The molecule has 17 heavy (non-hydrogen) atoms. The summed E-state index contributed by atoms with van der Waals surface area (Å²) in [6, 6.07) is 7.65. The van der Waals surface area contributed by atoms with Gasteiger partial charge in [0.1, 0.15) is 5.01 Å². The zero-order valence-corrected chi connectivity index (χ0v) is 11.0. The molecular weight excluding hydrogens is 256 g/mol. The molecule has 2 rings (SSSR count). The number of nitrogens with zero attached hydrogens (tertiary/aromatic N) is 1. The summed E-state index contributed by atoms with van der Waals surface area (Å²) in [5.41, 5.74) is 7.62. The van der Waals surface area contributed by atoms with Gasteiger partial charge in [0, 0.05) is 29.1 Å². The van der Waals surface area contributed by atoms with Gasteiger partial charge in [-0.3, -0.25) is 0 Å². The first-order valence-corrected chi connectivity index (χ1v) is 6.37. The number of rotatable bonds is 4. The molecule has 3 nitrogen and oxygen atoms in total. The van der Waals surface area contributed by atoms with E-state index in [1.807, 2.05) is 24.3 Å². The van der Waals surface area contributed by atoms with Crippen LogP contribution in [-0.4, -0.2) is 12.1 Å². The maximum absolute atomic E-state index is 5.96. The van der Waals surface area contributed by atoms with Crippen LogP contribution in [0.5, 0.6) is 0 Å². The van der Waals surface area contributed by atoms with Gasteiger partial charge >= 0.3 is 0 Å². The molecule has 2 N–H and O–H groups in total. The number of nitrogens with two attached hydrogens (primary N) is 1. The van der Waals surface area contributed by atoms with E-state index in [-0.39, 0.29) is 0 Å². The Morgan fingerprint density at radius 2 is 2.29 bits per heavy atom. The summed E-state index contributed by atoms with van der Waals surface area (Å²) in [6.45, 7) is 0.973. The Kier molecular flexibility index (Phi) is 4.12. The lowest BCUT2D eigenvalue weighted by Gasteiger charge is -1.96. The largest absolute Gasteiger partial charge is 0.378 e. The second kappa shape index (κ2) is 5.60. The van der Waals surface area contributed by atoms with Crippen LogP contribution >= 0.6 is 22.9 Å². The minimum Gasteiger partial charge on any atom is -0.378 e. The summed E-state index contributed by atoms with van der Waals surface area (Å²) in [5.74, 6) is 0. The molecule has 2 aromatic rings. The summed E-state index contributed by atoms with van der Waals surface area (Å²) in [5, 5.41) is 1.64. The molecular formula is C12H13ClN2OS. The quantitative estimate of drug-likeness (QED) is 0.927. The summed E-state index contributed by atoms with van der Waals surface area (Å²) >= 11 is 7.55. The summed E-state index contributed by atoms with van der Waals surface area (Å²) in [6.07, 6.45) is 0. The van der Waals surface area contributed by atoms with E-state index in [0.717, 1.165) is 21.1 Å². The van der Waals surface area contributed by atoms with E-state index in [1.165, 1.54) is 0 Å². The molecule has 0 amide bonds. The van der Waals surface area contributed by atoms with Crippen molar-refractivity contribution in [3.63, 3.8) is 0 Å². The lowest BCUT2D eigenvalue weighted by Crippen LogP contribution is -1.99. The van der Waals surface area contributed by atoms with Crippen LogP contribution in [0.3, 0.4) is 0 Å². The zero-order valence-electron chi connectivity index (χ0n) is 9.44. The van der Waals surface area contributed by atoms with Crippen molar-refractivity contribution >= 4 is 22.9 Å². The minimum absolute atomic E-state index is 0.483. The Balaban J connectivity index is 2.39. The topological polar surface area (TPSA) is 48.1 Å². The first-order valence-electron chi connectivity index (χ1n) is 5.18. The maximum Gasteiger partial charge on any atom is 0.124 e. The maximum atomic E-state index is 5.96. The molecule has 0 aliphatic rings. The van der Waals surface area contributed by atoms with E-state index in [4.69, 9.17) is 22.1 Å². The Morgan fingerprint density at radius 1 is 1.47 bits per heavy atom. The van der Waals surface area contributed by atoms with Gasteiger partial charge < -0.3 is 10.5 Å². The van der Waals surface area contributed by atoms with Crippen LogP contribution in [0.2, 0.25) is 5.02 Å². The van der Waals surface area contributed by atoms with Gasteiger partial charge in [0.05, 0.1) is 12.3 Å². The third-order valence-electron chi connectivity index (χ3n) is 2.32. The first-order chi connectivity index (χ1) is 8.24. The van der Waals surface area contributed by atoms with Gasteiger partial charge in [0.25, 0.3) is 0 Å². The van der Waals surface area contributed by atoms with Crippen molar-refractivity contribution in [1.29, 1.82) is 0 Å². The van der Waals surface area contributed by atoms with Crippen LogP contribution in [0.25, 0.3) is 10.6 Å². The zero-order chi connectivity index (χ0) is 12.3. The predicted octanol–water partition coefficient (Wildman–Crippen LogP) is 3.07. The standard InChI is InChI=1S/C12H13ClN2OS/c1-16-7-10-11(6-14)17-12(15-10)8-3-2-4-9(13)5-8/h2-5H,6-7,14H2,1H3. The van der Waals surface area contributed by atoms with Gasteiger partial charge in [-0.15, -0.1) is 11.3 Å². The van der Waals surface area contributed by atoms with Crippen LogP contribution in [0, 0.1) is 0 Å². The van der Waals surface area contributed by atoms with Crippen LogP contribution in [0.4, 0.5) is 0 Å². The van der Waals surface area contributed by atoms with Gasteiger partial charge in [0.2, 0.25) is 0 Å². The second-order valence-corrected chi connectivity index (χ2v) is 5.06. The first kappa shape index (κ1) is 12.5. The molecule has 0 bridgehead atoms. The van der Waals surface area contributed by atoms with E-state index in [9.17, 15) is 0 Å². The fourth-order valence-corrected chi connectivity index (χ4v) is 2.67. The number of aromatic nitrogens is 1. The molecule has 5 heteroatoms. The molecule has 1 aromatic carbocycles. The Hall–Kier alpha value is -0.940. The van der Waals surface area contributed by atoms with Gasteiger partial charge in [0.15, 0.2) is 0 Å². The van der Waals surface area contributed by atoms with E-state index < -0.39 is 0 Å². The van der Waals surface area contributed by atoms with Crippen LogP contribution < -0.4 is 5.73 Å². The van der Waals surface area contributed by atoms with Crippen molar-refractivity contribution in [2.45, 2.75) is 13.2 Å². The highest BCUT2D eigenvalue weighted by molar-refractivity contribution is 7.15. The van der Waals surface area contributed by atoms with Crippen LogP contribution in [0.15, 0.2) is 24.3 Å². The molecule has 0 saturated carbocycles. The third-order valence-corrected chi connectivity index (χ3v) is 3.72. The number of hydrogen-bond donors (Lipinski definition) is 1. The van der Waals surface area contributed by atoms with Gasteiger partial charge in [-0.2, -0.15) is 0 Å². The van der Waals surface area contributed by atoms with Crippen LogP contribution in [-0.2, 0) is 17.9 Å². The molecule has 90 valence electrons. The SMILES string of the molecule is COCc1nc(-c2cccc(Cl)c2)sc1CN. The van der Waals surface area contributed by atoms with Crippen molar-refractivity contribution in [3.8, 4) is 10.6 Å². The summed E-state index contributed by atoms with van der Waals surface area (Å²) in [7, 11) is 1.65. The normalized spacial score (nSPS) is 10.8. The van der Waals surface area contributed by atoms with Crippen LogP contribution in [0.1, 0.15) is 10.6 Å². The Bertz CT molecular complexity index is 513. The summed E-state index contributed by atoms with van der Waals surface area (Å²) in [4.78, 5) is 5.59. The average Bonchev–Trinajstić information content (AvgIpc) is 2.73. The lowest BCUT2D eigenvalue weighted by molar-refractivity contribution is 0.181. The molecule has 0 aliphatic carbocycles. The Labute approximate surface area is 109 Å². The number of ether oxygens (including phenoxy) is 1. The minimum atomic E-state index is 0.483. The summed E-state index contributed by atoms with van der Waals surface area (Å²) < 4.78 is 5.11. The molecule has 0 spiro atoms. The lowest BCUT2D eigenvalue weighted by atomic mass is 10.2. The molecule has 0 atom stereocenters. The fourth-order valence-electron chi connectivity index (χ4n) is 1.54. The highest BCUT2D eigenvalue weighted by Crippen LogP contribution is 2.29. The van der Waals surface area contributed by atoms with E-state index in [0.29, 0.717) is 18.2 Å². The molecule has 1 aromatic heterocycles. The average molecular weight is 269 g/mol. The van der Waals surface area contributed by atoms with Crippen molar-refractivity contribution in [1.82, 2.24) is 4.98 Å². The van der Waals surface area contributed by atoms with E-state index >= 15 is 0 Å². The molecule has 0 fully saturated rings. The van der Waals surface area contributed by atoms with Gasteiger partial charge in [-0.1, -0.05) is 23.7 Å². The molecule has 0 unspecified atom stereocenters. The monoisotopic (exact) mass is 268 g/mol. The number of methoxy groups -OCH3 is 1. The highest BCUT2D eigenvalue weighted by atomic mass is 35.5. The smallest absolute Gasteiger partial charge is 0.124 e. The van der Waals surface area contributed by atoms with Crippen molar-refractivity contribution in [2.24, 2.45) is 5.73 Å². The Morgan fingerprint density at radius 3 is 2.94 bits per heavy atom. The predicted molar refractivity (Wildman–Crippen MR) is 71.2 cm³/mol. The number of benzene rings is 1. The molecule has 0 saturated heterocycles. The number of thiazole rings is 1.